The molecule has 5 N–H and O–H groups in total. The molecule has 6 heteroatoms. The van der Waals surface area contributed by atoms with Crippen molar-refractivity contribution in [3.05, 3.63) is 29.8 Å². The number of phenolic OH excluding ortho intramolecular Hbond substituents is 1. The average molecular weight is 294 g/mol. The molecular weight excluding hydrogens is 272 g/mol. The molecule has 1 rings (SSSR count). The molecule has 0 aliphatic carbocycles. The van der Waals surface area contributed by atoms with E-state index in [1.807, 2.05) is 6.92 Å². The maximum atomic E-state index is 11.9. The minimum Gasteiger partial charge on any atom is -0.508 e. The van der Waals surface area contributed by atoms with E-state index < -0.39 is 17.9 Å². The van der Waals surface area contributed by atoms with Crippen LogP contribution in [0.3, 0.4) is 0 Å². The number of carbonyl (C=O) groups excluding carboxylic acids is 1. The lowest BCUT2D eigenvalue weighted by Gasteiger charge is -2.15. The molecule has 6 nitrogen and oxygen atoms in total. The summed E-state index contributed by atoms with van der Waals surface area (Å²) in [5.41, 5.74) is 6.63. The number of aromatic hydroxyl groups is 1. The first kappa shape index (κ1) is 17.0. The van der Waals surface area contributed by atoms with Crippen LogP contribution in [-0.2, 0) is 16.0 Å². The molecule has 0 bridgehead atoms. The zero-order valence-electron chi connectivity index (χ0n) is 12.1. The van der Waals surface area contributed by atoms with Gasteiger partial charge in [-0.3, -0.25) is 9.59 Å². The standard InChI is InChI=1S/C15H22N2O4/c1-2-3-11(15(20)21)9-17-14(19)13(16)8-10-4-6-12(18)7-5-10/h4-7,11,13,18H,2-3,8-9,16H2,1H3,(H,17,19)(H,20,21)/t11?,13-/m0/s1. The molecular formula is C15H22N2O4. The van der Waals surface area contributed by atoms with Crippen LogP contribution >= 0.6 is 0 Å². The Morgan fingerprint density at radius 3 is 2.43 bits per heavy atom. The molecule has 0 saturated carbocycles. The highest BCUT2D eigenvalue weighted by Crippen LogP contribution is 2.11. The van der Waals surface area contributed by atoms with Gasteiger partial charge in [-0.2, -0.15) is 0 Å². The summed E-state index contributed by atoms with van der Waals surface area (Å²) in [7, 11) is 0. The Morgan fingerprint density at radius 2 is 1.90 bits per heavy atom. The van der Waals surface area contributed by atoms with E-state index in [9.17, 15) is 14.7 Å². The third kappa shape index (κ3) is 5.83. The number of phenols is 1. The highest BCUT2D eigenvalue weighted by atomic mass is 16.4. The van der Waals surface area contributed by atoms with Gasteiger partial charge in [-0.05, 0) is 30.5 Å². The molecule has 116 valence electrons. The van der Waals surface area contributed by atoms with Crippen LogP contribution in [0, 0.1) is 5.92 Å². The van der Waals surface area contributed by atoms with E-state index in [4.69, 9.17) is 10.8 Å². The van der Waals surface area contributed by atoms with Gasteiger partial charge in [0, 0.05) is 6.54 Å². The molecule has 1 amide bonds. The second-order valence-electron chi connectivity index (χ2n) is 5.05. The van der Waals surface area contributed by atoms with Crippen LogP contribution < -0.4 is 11.1 Å². The zero-order chi connectivity index (χ0) is 15.8. The van der Waals surface area contributed by atoms with Gasteiger partial charge in [0.25, 0.3) is 0 Å². The summed E-state index contributed by atoms with van der Waals surface area (Å²) in [4.78, 5) is 22.9. The van der Waals surface area contributed by atoms with E-state index >= 15 is 0 Å². The average Bonchev–Trinajstić information content (AvgIpc) is 2.45. The molecule has 21 heavy (non-hydrogen) atoms. The summed E-state index contributed by atoms with van der Waals surface area (Å²) in [6, 6.07) is 5.70. The summed E-state index contributed by atoms with van der Waals surface area (Å²) in [6.07, 6.45) is 1.59. The number of carbonyl (C=O) groups is 2. The van der Waals surface area contributed by atoms with Crippen LogP contribution in [0.15, 0.2) is 24.3 Å². The lowest BCUT2D eigenvalue weighted by atomic mass is 10.0. The molecule has 0 aromatic heterocycles. The molecule has 1 unspecified atom stereocenters. The molecule has 0 aliphatic rings. The van der Waals surface area contributed by atoms with Gasteiger partial charge in [0.05, 0.1) is 12.0 Å². The number of carboxylic acid groups (broad SMARTS) is 1. The maximum Gasteiger partial charge on any atom is 0.308 e. The van der Waals surface area contributed by atoms with E-state index in [-0.39, 0.29) is 18.2 Å². The molecule has 1 aromatic rings. The van der Waals surface area contributed by atoms with Crippen molar-refractivity contribution in [2.24, 2.45) is 11.7 Å². The van der Waals surface area contributed by atoms with Crippen molar-refractivity contribution < 1.29 is 19.8 Å². The first-order chi connectivity index (χ1) is 9.93. The van der Waals surface area contributed by atoms with Crippen LogP contribution in [0.4, 0.5) is 0 Å². The monoisotopic (exact) mass is 294 g/mol. The first-order valence-electron chi connectivity index (χ1n) is 6.98. The molecule has 0 fully saturated rings. The molecule has 0 spiro atoms. The third-order valence-electron chi connectivity index (χ3n) is 3.24. The summed E-state index contributed by atoms with van der Waals surface area (Å²) in [5, 5.41) is 20.8. The normalized spacial score (nSPS) is 13.4. The Morgan fingerprint density at radius 1 is 1.29 bits per heavy atom. The number of nitrogens with two attached hydrogens (primary N) is 1. The fourth-order valence-corrected chi connectivity index (χ4v) is 1.99. The maximum absolute atomic E-state index is 11.9. The number of hydrogen-bond acceptors (Lipinski definition) is 4. The van der Waals surface area contributed by atoms with Gasteiger partial charge < -0.3 is 21.3 Å². The van der Waals surface area contributed by atoms with Crippen LogP contribution in [0.25, 0.3) is 0 Å². The summed E-state index contributed by atoms with van der Waals surface area (Å²) in [5.74, 6) is -1.71. The number of nitrogens with one attached hydrogen (secondary N) is 1. The Labute approximate surface area is 124 Å². The van der Waals surface area contributed by atoms with Gasteiger partial charge in [-0.1, -0.05) is 25.5 Å². The Hall–Kier alpha value is -2.08. The van der Waals surface area contributed by atoms with Crippen molar-refractivity contribution in [2.45, 2.75) is 32.2 Å². The topological polar surface area (TPSA) is 113 Å². The van der Waals surface area contributed by atoms with Crippen molar-refractivity contribution in [1.29, 1.82) is 0 Å². The highest BCUT2D eigenvalue weighted by Gasteiger charge is 2.19. The first-order valence-corrected chi connectivity index (χ1v) is 6.98. The van der Waals surface area contributed by atoms with Crippen LogP contribution in [0.1, 0.15) is 25.3 Å². The Kier molecular flexibility index (Phi) is 6.68. The van der Waals surface area contributed by atoms with Crippen LogP contribution in [0.5, 0.6) is 5.75 Å². The molecule has 2 atom stereocenters. The van der Waals surface area contributed by atoms with Crippen molar-refractivity contribution in [2.75, 3.05) is 6.54 Å². The van der Waals surface area contributed by atoms with Gasteiger partial charge >= 0.3 is 5.97 Å². The predicted molar refractivity (Wildman–Crippen MR) is 78.8 cm³/mol. The molecule has 0 saturated heterocycles. The molecule has 0 radical (unpaired) electrons. The van der Waals surface area contributed by atoms with Crippen molar-refractivity contribution in [1.82, 2.24) is 5.32 Å². The SMILES string of the molecule is CCCC(CNC(=O)[C@@H](N)Cc1ccc(O)cc1)C(=O)O. The summed E-state index contributed by atoms with van der Waals surface area (Å²) < 4.78 is 0. The number of aliphatic carboxylic acids is 1. The zero-order valence-corrected chi connectivity index (χ0v) is 12.1. The van der Waals surface area contributed by atoms with Gasteiger partial charge in [-0.25, -0.2) is 0 Å². The predicted octanol–water partition coefficient (Wildman–Crippen LogP) is 0.879. The Bertz CT molecular complexity index is 473. The number of amides is 1. The van der Waals surface area contributed by atoms with Gasteiger partial charge in [-0.15, -0.1) is 0 Å². The lowest BCUT2D eigenvalue weighted by molar-refractivity contribution is -0.142. The van der Waals surface area contributed by atoms with Crippen molar-refractivity contribution in [3.63, 3.8) is 0 Å². The van der Waals surface area contributed by atoms with Gasteiger partial charge in [0.1, 0.15) is 5.75 Å². The number of benzene rings is 1. The van der Waals surface area contributed by atoms with E-state index in [2.05, 4.69) is 5.32 Å². The lowest BCUT2D eigenvalue weighted by Crippen LogP contribution is -2.44. The fraction of sp³-hybridized carbons (Fsp3) is 0.467. The Balaban J connectivity index is 2.47. The van der Waals surface area contributed by atoms with E-state index in [1.54, 1.807) is 12.1 Å². The van der Waals surface area contributed by atoms with Gasteiger partial charge in [0.2, 0.25) is 5.91 Å². The fourth-order valence-electron chi connectivity index (χ4n) is 1.99. The largest absolute Gasteiger partial charge is 0.508 e. The van der Waals surface area contributed by atoms with E-state index in [1.165, 1.54) is 12.1 Å². The second-order valence-corrected chi connectivity index (χ2v) is 5.05. The van der Waals surface area contributed by atoms with Crippen molar-refractivity contribution in [3.8, 4) is 5.75 Å². The van der Waals surface area contributed by atoms with Crippen LogP contribution in [-0.4, -0.2) is 34.7 Å². The van der Waals surface area contributed by atoms with E-state index in [0.717, 1.165) is 12.0 Å². The third-order valence-corrected chi connectivity index (χ3v) is 3.24. The van der Waals surface area contributed by atoms with Crippen molar-refractivity contribution >= 4 is 11.9 Å². The minimum atomic E-state index is -0.913. The minimum absolute atomic E-state index is 0.0886. The number of hydrogen-bond donors (Lipinski definition) is 4. The quantitative estimate of drug-likeness (QED) is 0.568. The smallest absolute Gasteiger partial charge is 0.308 e. The summed E-state index contributed by atoms with van der Waals surface area (Å²) in [6.45, 7) is 1.99. The highest BCUT2D eigenvalue weighted by molar-refractivity contribution is 5.82. The summed E-state index contributed by atoms with van der Waals surface area (Å²) >= 11 is 0. The van der Waals surface area contributed by atoms with E-state index in [0.29, 0.717) is 12.8 Å². The molecule has 1 aromatic carbocycles. The second kappa shape index (κ2) is 8.26. The van der Waals surface area contributed by atoms with Gasteiger partial charge in [0.15, 0.2) is 0 Å². The number of carboxylic acids is 1. The molecule has 0 heterocycles. The number of rotatable bonds is 8. The van der Waals surface area contributed by atoms with Crippen LogP contribution in [0.2, 0.25) is 0 Å². The molecule has 0 aliphatic heterocycles.